The number of aliphatic hydroxyl groups excluding tert-OH is 2. The summed E-state index contributed by atoms with van der Waals surface area (Å²) in [6.45, 7) is -9.64. The summed E-state index contributed by atoms with van der Waals surface area (Å²) in [6.07, 6.45) is -7.67. The van der Waals surface area contributed by atoms with E-state index in [9.17, 15) is 19.3 Å². The van der Waals surface area contributed by atoms with Crippen LogP contribution in [-0.4, -0.2) is 79.2 Å². The molecule has 0 radical (unpaired) electrons. The molecular weight excluding hydrogens is 772 g/mol. The Morgan fingerprint density at radius 3 is 1.72 bits per heavy atom. The van der Waals surface area contributed by atoms with Gasteiger partial charge in [0.25, 0.3) is 0 Å². The Labute approximate surface area is 290 Å². The average Bonchev–Trinajstić information content (AvgIpc) is 3.72. The van der Waals surface area contributed by atoms with E-state index in [0.29, 0.717) is 22.1 Å². The van der Waals surface area contributed by atoms with Crippen LogP contribution in [0.2, 0.25) is 20.1 Å². The molecule has 0 aliphatic carbocycles. The average molecular weight is 794 g/mol. The molecule has 4 aromatic rings. The smallest absolute Gasteiger partial charge is 0.386 e. The van der Waals surface area contributed by atoms with Crippen LogP contribution in [0.4, 0.5) is 0 Å². The number of imidazole rings is 2. The van der Waals surface area contributed by atoms with Crippen LogP contribution in [0.5, 0.6) is 0 Å². The van der Waals surface area contributed by atoms with E-state index < -0.39 is 75.9 Å². The zero-order valence-corrected chi connectivity index (χ0v) is 29.3. The molecule has 3 aliphatic rings. The number of halogens is 4. The topological polar surface area (TPSA) is 166 Å². The Kier molecular flexibility index (Phi) is 9.28. The largest absolute Gasteiger partial charge is 0.387 e. The molecule has 6 unspecified atom stereocenters. The monoisotopic (exact) mass is 792 g/mol. The van der Waals surface area contributed by atoms with E-state index in [-0.39, 0.29) is 20.1 Å². The first-order chi connectivity index (χ1) is 21.7. The van der Waals surface area contributed by atoms with Gasteiger partial charge in [-0.25, -0.2) is 19.1 Å². The van der Waals surface area contributed by atoms with Crippen molar-refractivity contribution in [3.8, 4) is 0 Å². The Morgan fingerprint density at radius 2 is 1.15 bits per heavy atom. The molecule has 3 saturated heterocycles. The number of hydrogen-bond acceptors (Lipinski definition) is 12. The summed E-state index contributed by atoms with van der Waals surface area (Å²) in [6, 6.07) is 6.17. The number of ether oxygens (including phenoxy) is 2. The van der Waals surface area contributed by atoms with E-state index in [1.165, 1.54) is 21.8 Å². The minimum absolute atomic E-state index is 0.229. The summed E-state index contributed by atoms with van der Waals surface area (Å²) in [5.41, 5.74) is 1.83. The molecule has 3 aliphatic heterocycles. The van der Waals surface area contributed by atoms with Crippen molar-refractivity contribution in [1.29, 1.82) is 0 Å². The molecule has 14 nitrogen and oxygen atoms in total. The highest BCUT2D eigenvalue weighted by atomic mass is 35.5. The minimum Gasteiger partial charge on any atom is -0.387 e. The van der Waals surface area contributed by atoms with Crippen LogP contribution in [0.3, 0.4) is 0 Å². The molecule has 2 aromatic heterocycles. The van der Waals surface area contributed by atoms with Gasteiger partial charge in [0.15, 0.2) is 12.5 Å². The highest BCUT2D eigenvalue weighted by Crippen LogP contribution is 2.60. The number of aromatic nitrogens is 4. The first kappa shape index (κ1) is 33.9. The van der Waals surface area contributed by atoms with Crippen molar-refractivity contribution in [2.24, 2.45) is 0 Å². The van der Waals surface area contributed by atoms with Crippen LogP contribution in [0.1, 0.15) is 12.5 Å². The quantitative estimate of drug-likeness (QED) is 0.136. The third-order valence-corrected chi connectivity index (χ3v) is 12.4. The lowest BCUT2D eigenvalue weighted by molar-refractivity contribution is -0.0573. The fourth-order valence-electron chi connectivity index (χ4n) is 5.56. The third-order valence-electron chi connectivity index (χ3n) is 7.72. The lowest BCUT2D eigenvalue weighted by Crippen LogP contribution is -2.35. The maximum atomic E-state index is 13.6. The van der Waals surface area contributed by atoms with Gasteiger partial charge in [0.2, 0.25) is 0 Å². The fourth-order valence-corrected chi connectivity index (χ4v) is 9.14. The van der Waals surface area contributed by atoms with Crippen LogP contribution in [0, 0.1) is 0 Å². The minimum atomic E-state index is -4.31. The van der Waals surface area contributed by atoms with Gasteiger partial charge in [0.05, 0.1) is 68.0 Å². The zero-order valence-electron chi connectivity index (χ0n) is 22.7. The number of benzene rings is 2. The standard InChI is InChI=1S/C24H22Cl4N4O10P2S2/c25-9-1-13-15(3-11(9)27)31(7-29-13)23-20(34)21-18(40-23)6-38-44(36,46)42-22-19(33)17(5-37-43(35,45)41-21)39-24(22)32-8-30-14-2-10(26)12(28)4-16(14)32/h1-4,7-8,17-24,33-34H,5-6H2,(H,35,45)(H,36,46)/t17-,18-,19?,20?,21?,22?,23-,24-,43?,44?/m1/s1. The molecule has 0 spiro atoms. The van der Waals surface area contributed by atoms with Crippen LogP contribution < -0.4 is 0 Å². The first-order valence-electron chi connectivity index (χ1n) is 13.3. The molecule has 0 saturated carbocycles. The Morgan fingerprint density at radius 1 is 0.696 bits per heavy atom. The maximum absolute atomic E-state index is 13.6. The molecule has 22 heteroatoms. The molecule has 46 heavy (non-hydrogen) atoms. The molecule has 248 valence electrons. The SMILES string of the molecule is O=P1(S)OC[C@H]2O[C@@H](n3cnc4cc(Cl)c(Cl)cc43)C(O)C2OP(=O)(S)OC[C@H]2O[C@@H](n3cnc4cc(Cl)c(Cl)cc43)C(O1)C2O. The predicted octanol–water partition coefficient (Wildman–Crippen LogP) is 6.11. The summed E-state index contributed by atoms with van der Waals surface area (Å²) in [5, 5.41) is 23.6. The van der Waals surface area contributed by atoms with Crippen molar-refractivity contribution in [3.05, 3.63) is 57.0 Å². The van der Waals surface area contributed by atoms with Gasteiger partial charge < -0.3 is 28.8 Å². The van der Waals surface area contributed by atoms with E-state index in [1.54, 1.807) is 24.3 Å². The Bertz CT molecular complexity index is 1940. The van der Waals surface area contributed by atoms with Crippen LogP contribution in [0.25, 0.3) is 22.1 Å². The molecule has 2 N–H and O–H groups in total. The highest BCUT2D eigenvalue weighted by Gasteiger charge is 2.53. The molecule has 3 fully saturated rings. The van der Waals surface area contributed by atoms with Gasteiger partial charge in [-0.3, -0.25) is 18.1 Å². The first-order valence-corrected chi connectivity index (χ1v) is 20.2. The van der Waals surface area contributed by atoms with Gasteiger partial charge >= 0.3 is 13.6 Å². The van der Waals surface area contributed by atoms with E-state index >= 15 is 0 Å². The summed E-state index contributed by atoms with van der Waals surface area (Å²) in [4.78, 5) is 8.59. The predicted molar refractivity (Wildman–Crippen MR) is 174 cm³/mol. The summed E-state index contributed by atoms with van der Waals surface area (Å²) >= 11 is 32.9. The molecule has 10 atom stereocenters. The second-order valence-electron chi connectivity index (χ2n) is 10.6. The lowest BCUT2D eigenvalue weighted by Gasteiger charge is -2.26. The molecule has 0 amide bonds. The van der Waals surface area contributed by atoms with Gasteiger partial charge in [-0.2, -0.15) is 0 Å². The van der Waals surface area contributed by atoms with Crippen molar-refractivity contribution in [1.82, 2.24) is 19.1 Å². The van der Waals surface area contributed by atoms with Gasteiger partial charge in [0, 0.05) is 0 Å². The summed E-state index contributed by atoms with van der Waals surface area (Å²) < 4.78 is 64.7. The summed E-state index contributed by atoms with van der Waals surface area (Å²) in [5.74, 6) is 0. The van der Waals surface area contributed by atoms with Crippen molar-refractivity contribution >= 4 is 107 Å². The van der Waals surface area contributed by atoms with Crippen molar-refractivity contribution in [2.45, 2.75) is 49.1 Å². The summed E-state index contributed by atoms with van der Waals surface area (Å²) in [7, 11) is 0. The lowest BCUT2D eigenvalue weighted by atomic mass is 10.1. The van der Waals surface area contributed by atoms with Crippen LogP contribution in [0.15, 0.2) is 36.9 Å². The molecular formula is C24H22Cl4N4O10P2S2. The van der Waals surface area contributed by atoms with E-state index in [4.69, 9.17) is 74.0 Å². The number of hydrogen-bond donors (Lipinski definition) is 4. The Balaban J connectivity index is 1.20. The van der Waals surface area contributed by atoms with Crippen molar-refractivity contribution in [3.63, 3.8) is 0 Å². The molecule has 7 rings (SSSR count). The number of aliphatic hydroxyl groups is 2. The zero-order chi connectivity index (χ0) is 32.7. The normalized spacial score (nSPS) is 37.2. The van der Waals surface area contributed by atoms with E-state index in [2.05, 4.69) is 34.5 Å². The Hall–Kier alpha value is -0.620. The van der Waals surface area contributed by atoms with E-state index in [0.717, 1.165) is 0 Å². The van der Waals surface area contributed by atoms with Gasteiger partial charge in [-0.05, 0) is 24.3 Å². The number of nitrogens with zero attached hydrogens (tertiary/aromatic N) is 4. The van der Waals surface area contributed by atoms with Crippen molar-refractivity contribution < 1.29 is 46.9 Å². The van der Waals surface area contributed by atoms with Crippen LogP contribution in [-0.2, 0) is 36.7 Å². The fraction of sp³-hybridized carbons (Fsp3) is 0.417. The number of thiol groups is 2. The second-order valence-corrected chi connectivity index (χ2v) is 18.0. The molecule has 2 bridgehead atoms. The third kappa shape index (κ3) is 6.28. The number of rotatable bonds is 2. The van der Waals surface area contributed by atoms with Crippen molar-refractivity contribution in [2.75, 3.05) is 13.2 Å². The molecule has 2 aromatic carbocycles. The maximum Gasteiger partial charge on any atom is 0.386 e. The number of fused-ring (bicyclic) bond motifs is 5. The van der Waals surface area contributed by atoms with Gasteiger partial charge in [-0.1, -0.05) is 70.9 Å². The molecule has 5 heterocycles. The van der Waals surface area contributed by atoms with Gasteiger partial charge in [0.1, 0.15) is 36.6 Å². The van der Waals surface area contributed by atoms with Crippen LogP contribution >= 0.6 is 84.5 Å². The second kappa shape index (κ2) is 12.6. The highest BCUT2D eigenvalue weighted by molar-refractivity contribution is 8.44. The van der Waals surface area contributed by atoms with Gasteiger partial charge in [-0.15, -0.1) is 0 Å². The van der Waals surface area contributed by atoms with E-state index in [1.807, 2.05) is 0 Å².